The molecule has 1 aliphatic heterocycles. The van der Waals surface area contributed by atoms with Crippen molar-refractivity contribution in [3.63, 3.8) is 0 Å². The van der Waals surface area contributed by atoms with E-state index in [4.69, 9.17) is 10.5 Å². The van der Waals surface area contributed by atoms with E-state index in [1.165, 1.54) is 5.56 Å². The molecule has 0 radical (unpaired) electrons. The molecule has 1 aliphatic carbocycles. The molecule has 0 unspecified atom stereocenters. The van der Waals surface area contributed by atoms with Crippen molar-refractivity contribution in [3.05, 3.63) is 35.9 Å². The van der Waals surface area contributed by atoms with Crippen LogP contribution in [0.4, 0.5) is 0 Å². The number of ether oxygens (including phenoxy) is 1. The number of rotatable bonds is 5. The van der Waals surface area contributed by atoms with Gasteiger partial charge in [-0.25, -0.2) is 0 Å². The number of benzene rings is 1. The van der Waals surface area contributed by atoms with Gasteiger partial charge < -0.3 is 15.6 Å². The maximum atomic E-state index is 11.2. The molecule has 3 rings (SSSR count). The summed E-state index contributed by atoms with van der Waals surface area (Å²) in [5.74, 6) is -0.593. The molecule has 1 amide bonds. The standard InChI is InChI=1S/C17H24N2O3/c18-16(20)17(21)6-8-19(9-7-17)14-10-15(11-14)22-12-13-4-2-1-3-5-13/h1-5,14-15,21H,6-12H2,(H2,18,20). The molecule has 1 saturated heterocycles. The lowest BCUT2D eigenvalue weighted by Crippen LogP contribution is -2.57. The lowest BCUT2D eigenvalue weighted by Gasteiger charge is -2.46. The third-order valence-corrected chi connectivity index (χ3v) is 5.00. The molecule has 120 valence electrons. The van der Waals surface area contributed by atoms with Crippen LogP contribution >= 0.6 is 0 Å². The summed E-state index contributed by atoms with van der Waals surface area (Å²) in [6.45, 7) is 2.13. The summed E-state index contributed by atoms with van der Waals surface area (Å²) >= 11 is 0. The van der Waals surface area contributed by atoms with Gasteiger partial charge in [0.15, 0.2) is 0 Å². The number of amides is 1. The van der Waals surface area contributed by atoms with E-state index in [0.29, 0.717) is 31.6 Å². The topological polar surface area (TPSA) is 75.8 Å². The quantitative estimate of drug-likeness (QED) is 0.852. The average Bonchev–Trinajstić information content (AvgIpc) is 2.48. The van der Waals surface area contributed by atoms with E-state index < -0.39 is 11.5 Å². The summed E-state index contributed by atoms with van der Waals surface area (Å²) in [6.07, 6.45) is 3.26. The van der Waals surface area contributed by atoms with Crippen molar-refractivity contribution < 1.29 is 14.6 Å². The van der Waals surface area contributed by atoms with Crippen LogP contribution in [0.5, 0.6) is 0 Å². The van der Waals surface area contributed by atoms with Crippen LogP contribution in [0.25, 0.3) is 0 Å². The minimum Gasteiger partial charge on any atom is -0.380 e. The Morgan fingerprint density at radius 1 is 1.27 bits per heavy atom. The second-order valence-electron chi connectivity index (χ2n) is 6.48. The Kier molecular flexibility index (Phi) is 4.47. The number of likely N-dealkylation sites (tertiary alicyclic amines) is 1. The lowest BCUT2D eigenvalue weighted by atomic mass is 9.83. The minimum atomic E-state index is -1.30. The van der Waals surface area contributed by atoms with Crippen LogP contribution in [-0.2, 0) is 16.1 Å². The van der Waals surface area contributed by atoms with Crippen LogP contribution in [0.15, 0.2) is 30.3 Å². The number of hydrogen-bond acceptors (Lipinski definition) is 4. The zero-order valence-corrected chi connectivity index (χ0v) is 12.8. The van der Waals surface area contributed by atoms with Gasteiger partial charge in [-0.2, -0.15) is 0 Å². The van der Waals surface area contributed by atoms with Crippen molar-refractivity contribution in [2.45, 2.75) is 50.0 Å². The highest BCUT2D eigenvalue weighted by Crippen LogP contribution is 2.33. The maximum Gasteiger partial charge on any atom is 0.249 e. The van der Waals surface area contributed by atoms with E-state index >= 15 is 0 Å². The number of carbonyl (C=O) groups excluding carboxylic acids is 1. The van der Waals surface area contributed by atoms with Crippen molar-refractivity contribution in [3.8, 4) is 0 Å². The summed E-state index contributed by atoms with van der Waals surface area (Å²) < 4.78 is 5.91. The van der Waals surface area contributed by atoms with Crippen molar-refractivity contribution in [1.29, 1.82) is 0 Å². The molecule has 1 heterocycles. The van der Waals surface area contributed by atoms with Crippen LogP contribution in [0.3, 0.4) is 0 Å². The highest BCUT2D eigenvalue weighted by atomic mass is 16.5. The molecule has 2 aliphatic rings. The number of nitrogens with zero attached hydrogens (tertiary/aromatic N) is 1. The lowest BCUT2D eigenvalue weighted by molar-refractivity contribution is -0.144. The van der Waals surface area contributed by atoms with E-state index in [1.807, 2.05) is 18.2 Å². The molecule has 0 aromatic heterocycles. The Labute approximate surface area is 131 Å². The van der Waals surface area contributed by atoms with Crippen LogP contribution in [0, 0.1) is 0 Å². The second kappa shape index (κ2) is 6.36. The first-order valence-electron chi connectivity index (χ1n) is 7.99. The van der Waals surface area contributed by atoms with E-state index in [0.717, 1.165) is 25.9 Å². The molecule has 1 saturated carbocycles. The highest BCUT2D eigenvalue weighted by Gasteiger charge is 2.42. The van der Waals surface area contributed by atoms with E-state index in [1.54, 1.807) is 0 Å². The highest BCUT2D eigenvalue weighted by molar-refractivity contribution is 5.83. The molecule has 0 atom stereocenters. The van der Waals surface area contributed by atoms with E-state index in [-0.39, 0.29) is 0 Å². The van der Waals surface area contributed by atoms with Crippen molar-refractivity contribution in [1.82, 2.24) is 4.90 Å². The molecule has 2 fully saturated rings. The minimum absolute atomic E-state index is 0.321. The summed E-state index contributed by atoms with van der Waals surface area (Å²) in [7, 11) is 0. The predicted octanol–water partition coefficient (Wildman–Crippen LogP) is 1.05. The summed E-state index contributed by atoms with van der Waals surface area (Å²) in [5.41, 5.74) is 5.16. The molecule has 1 aromatic carbocycles. The maximum absolute atomic E-state index is 11.2. The summed E-state index contributed by atoms with van der Waals surface area (Å²) in [5, 5.41) is 10.1. The molecule has 1 aromatic rings. The second-order valence-corrected chi connectivity index (χ2v) is 6.48. The number of hydrogen-bond donors (Lipinski definition) is 2. The zero-order valence-electron chi connectivity index (χ0n) is 12.8. The van der Waals surface area contributed by atoms with E-state index in [2.05, 4.69) is 17.0 Å². The molecular formula is C17H24N2O3. The third kappa shape index (κ3) is 3.32. The first-order valence-corrected chi connectivity index (χ1v) is 7.99. The molecule has 5 nitrogen and oxygen atoms in total. The third-order valence-electron chi connectivity index (χ3n) is 5.00. The first kappa shape index (κ1) is 15.5. The largest absolute Gasteiger partial charge is 0.380 e. The zero-order chi connectivity index (χ0) is 15.6. The summed E-state index contributed by atoms with van der Waals surface area (Å²) in [6, 6.07) is 10.7. The number of carbonyl (C=O) groups is 1. The van der Waals surface area contributed by atoms with Gasteiger partial charge in [0.05, 0.1) is 12.7 Å². The smallest absolute Gasteiger partial charge is 0.249 e. The van der Waals surface area contributed by atoms with Crippen molar-refractivity contribution >= 4 is 5.91 Å². The Morgan fingerprint density at radius 3 is 2.50 bits per heavy atom. The fourth-order valence-electron chi connectivity index (χ4n) is 3.27. The van der Waals surface area contributed by atoms with Gasteiger partial charge in [0.25, 0.3) is 0 Å². The molecule has 0 bridgehead atoms. The molecule has 5 heteroatoms. The summed E-state index contributed by atoms with van der Waals surface area (Å²) in [4.78, 5) is 13.6. The van der Waals surface area contributed by atoms with Gasteiger partial charge >= 0.3 is 0 Å². The molecule has 0 spiro atoms. The van der Waals surface area contributed by atoms with E-state index in [9.17, 15) is 9.90 Å². The van der Waals surface area contributed by atoms with Gasteiger partial charge in [0, 0.05) is 19.1 Å². The van der Waals surface area contributed by atoms with Crippen molar-refractivity contribution in [2.24, 2.45) is 5.73 Å². The van der Waals surface area contributed by atoms with Gasteiger partial charge in [0.2, 0.25) is 5.91 Å². The molecule has 22 heavy (non-hydrogen) atoms. The number of aliphatic hydroxyl groups is 1. The van der Waals surface area contributed by atoms with Crippen LogP contribution in [0.1, 0.15) is 31.2 Å². The van der Waals surface area contributed by atoms with Crippen LogP contribution in [0.2, 0.25) is 0 Å². The number of piperidine rings is 1. The Bertz CT molecular complexity index is 506. The Morgan fingerprint density at radius 2 is 1.91 bits per heavy atom. The predicted molar refractivity (Wildman–Crippen MR) is 83.0 cm³/mol. The Balaban J connectivity index is 1.38. The fraction of sp³-hybridized carbons (Fsp3) is 0.588. The SMILES string of the molecule is NC(=O)C1(O)CCN(C2CC(OCc3ccccc3)C2)CC1. The van der Waals surface area contributed by atoms with Gasteiger partial charge in [0.1, 0.15) is 5.60 Å². The first-order chi connectivity index (χ1) is 10.6. The molecule has 3 N–H and O–H groups in total. The normalized spacial score (nSPS) is 28.0. The van der Waals surface area contributed by atoms with Crippen LogP contribution in [-0.4, -0.2) is 46.7 Å². The number of primary amides is 1. The van der Waals surface area contributed by atoms with Crippen molar-refractivity contribution in [2.75, 3.05) is 13.1 Å². The van der Waals surface area contributed by atoms with Crippen LogP contribution < -0.4 is 5.73 Å². The van der Waals surface area contributed by atoms with Gasteiger partial charge in [-0.1, -0.05) is 30.3 Å². The van der Waals surface area contributed by atoms with Gasteiger partial charge in [-0.05, 0) is 31.2 Å². The monoisotopic (exact) mass is 304 g/mol. The van der Waals surface area contributed by atoms with Gasteiger partial charge in [-0.15, -0.1) is 0 Å². The fourth-order valence-corrected chi connectivity index (χ4v) is 3.27. The average molecular weight is 304 g/mol. The van der Waals surface area contributed by atoms with Gasteiger partial charge in [-0.3, -0.25) is 9.69 Å². The molecular weight excluding hydrogens is 280 g/mol. The number of nitrogens with two attached hydrogens (primary N) is 1. The Hall–Kier alpha value is -1.43.